The van der Waals surface area contributed by atoms with Crippen molar-refractivity contribution in [3.63, 3.8) is 0 Å². The van der Waals surface area contributed by atoms with Crippen LogP contribution in [0.1, 0.15) is 11.1 Å². The molecule has 3 heteroatoms. The normalized spacial score (nSPS) is 10.1. The molecule has 0 atom stereocenters. The van der Waals surface area contributed by atoms with Crippen molar-refractivity contribution in [3.05, 3.63) is 65.7 Å². The fourth-order valence-electron chi connectivity index (χ4n) is 1.56. The minimum Gasteiger partial charge on any atom is -0.497 e. The molecule has 18 heavy (non-hydrogen) atoms. The first-order chi connectivity index (χ1) is 8.79. The van der Waals surface area contributed by atoms with Crippen LogP contribution < -0.4 is 4.74 Å². The highest BCUT2D eigenvalue weighted by atomic mass is 32.2. The molecule has 0 aliphatic rings. The lowest BCUT2D eigenvalue weighted by Crippen LogP contribution is -1.94. The van der Waals surface area contributed by atoms with Crippen LogP contribution in [0.25, 0.3) is 0 Å². The van der Waals surface area contributed by atoms with Gasteiger partial charge in [-0.2, -0.15) is 0 Å². The Balaban J connectivity index is 1.95. The van der Waals surface area contributed by atoms with Gasteiger partial charge in [-0.3, -0.25) is 5.41 Å². The zero-order chi connectivity index (χ0) is 12.8. The van der Waals surface area contributed by atoms with Gasteiger partial charge in [0.05, 0.1) is 12.2 Å². The Hall–Kier alpha value is -1.74. The Bertz CT molecular complexity index is 508. The van der Waals surface area contributed by atoms with Crippen LogP contribution in [-0.4, -0.2) is 12.2 Å². The van der Waals surface area contributed by atoms with Crippen LogP contribution in [0.3, 0.4) is 0 Å². The van der Waals surface area contributed by atoms with E-state index in [1.807, 2.05) is 42.5 Å². The van der Waals surface area contributed by atoms with Gasteiger partial charge in [0.1, 0.15) is 5.75 Å². The van der Waals surface area contributed by atoms with Crippen LogP contribution in [0.4, 0.5) is 0 Å². The summed E-state index contributed by atoms with van der Waals surface area (Å²) in [6, 6.07) is 17.8. The lowest BCUT2D eigenvalue weighted by Gasteiger charge is -2.05. The largest absolute Gasteiger partial charge is 0.497 e. The first kappa shape index (κ1) is 12.7. The Morgan fingerprint density at radius 2 is 1.72 bits per heavy atom. The van der Waals surface area contributed by atoms with Crippen molar-refractivity contribution in [1.82, 2.24) is 0 Å². The molecule has 0 unspecified atom stereocenters. The lowest BCUT2D eigenvalue weighted by molar-refractivity contribution is 0.415. The van der Waals surface area contributed by atoms with E-state index in [1.54, 1.807) is 7.11 Å². The zero-order valence-corrected chi connectivity index (χ0v) is 11.0. The van der Waals surface area contributed by atoms with Crippen molar-refractivity contribution < 1.29 is 4.74 Å². The van der Waals surface area contributed by atoms with Gasteiger partial charge in [-0.15, -0.1) is 11.8 Å². The number of benzene rings is 2. The molecule has 0 heterocycles. The summed E-state index contributed by atoms with van der Waals surface area (Å²) in [4.78, 5) is 0. The number of nitrogens with one attached hydrogen (secondary N) is 1. The molecule has 0 aromatic heterocycles. The molecule has 0 aliphatic heterocycles. The molecule has 0 radical (unpaired) electrons. The lowest BCUT2D eigenvalue weighted by atomic mass is 10.2. The predicted molar refractivity (Wildman–Crippen MR) is 77.6 cm³/mol. The highest BCUT2D eigenvalue weighted by Crippen LogP contribution is 2.19. The maximum Gasteiger partial charge on any atom is 0.118 e. The standard InChI is InChI=1S/C15H15NOS/c1-17-14-9-7-13(8-10-14)15(16)18-11-12-5-3-2-4-6-12/h2-10,16H,11H2,1H3. The highest BCUT2D eigenvalue weighted by molar-refractivity contribution is 8.13. The number of hydrogen-bond acceptors (Lipinski definition) is 3. The molecule has 2 nitrogen and oxygen atoms in total. The first-order valence-electron chi connectivity index (χ1n) is 5.69. The molecule has 0 spiro atoms. The summed E-state index contributed by atoms with van der Waals surface area (Å²) < 4.78 is 5.10. The van der Waals surface area contributed by atoms with Crippen LogP contribution >= 0.6 is 11.8 Å². The Morgan fingerprint density at radius 3 is 2.33 bits per heavy atom. The zero-order valence-electron chi connectivity index (χ0n) is 10.2. The minimum atomic E-state index is 0.585. The second kappa shape index (κ2) is 6.26. The maximum absolute atomic E-state index is 8.03. The van der Waals surface area contributed by atoms with E-state index in [2.05, 4.69) is 12.1 Å². The third-order valence-corrected chi connectivity index (χ3v) is 3.58. The summed E-state index contributed by atoms with van der Waals surface area (Å²) in [7, 11) is 1.64. The summed E-state index contributed by atoms with van der Waals surface area (Å²) in [5, 5.41) is 8.61. The third-order valence-electron chi connectivity index (χ3n) is 2.58. The fourth-order valence-corrected chi connectivity index (χ4v) is 2.36. The van der Waals surface area contributed by atoms with Crippen molar-refractivity contribution in [1.29, 1.82) is 5.41 Å². The second-order valence-corrected chi connectivity index (χ2v) is 4.82. The van der Waals surface area contributed by atoms with Crippen LogP contribution in [0.5, 0.6) is 5.75 Å². The van der Waals surface area contributed by atoms with Crippen molar-refractivity contribution in [2.75, 3.05) is 7.11 Å². The van der Waals surface area contributed by atoms with Crippen LogP contribution in [0.2, 0.25) is 0 Å². The fraction of sp³-hybridized carbons (Fsp3) is 0.133. The van der Waals surface area contributed by atoms with Gasteiger partial charge in [0.25, 0.3) is 0 Å². The van der Waals surface area contributed by atoms with Gasteiger partial charge < -0.3 is 4.74 Å². The van der Waals surface area contributed by atoms with Gasteiger partial charge in [-0.25, -0.2) is 0 Å². The van der Waals surface area contributed by atoms with E-state index in [4.69, 9.17) is 10.1 Å². The number of thioether (sulfide) groups is 1. The molecule has 2 aromatic carbocycles. The SMILES string of the molecule is COc1ccc(C(=N)SCc2ccccc2)cc1. The van der Waals surface area contributed by atoms with Gasteiger partial charge in [0.15, 0.2) is 0 Å². The average molecular weight is 257 g/mol. The Labute approximate surface area is 112 Å². The second-order valence-electron chi connectivity index (χ2n) is 3.83. The van der Waals surface area contributed by atoms with Crippen molar-refractivity contribution in [2.24, 2.45) is 0 Å². The van der Waals surface area contributed by atoms with Crippen molar-refractivity contribution >= 4 is 16.8 Å². The van der Waals surface area contributed by atoms with Crippen LogP contribution in [0.15, 0.2) is 54.6 Å². The molecule has 2 rings (SSSR count). The van der Waals surface area contributed by atoms with Gasteiger partial charge >= 0.3 is 0 Å². The van der Waals surface area contributed by atoms with E-state index in [0.717, 1.165) is 17.1 Å². The monoisotopic (exact) mass is 257 g/mol. The molecule has 0 amide bonds. The molecular weight excluding hydrogens is 242 g/mol. The summed E-state index contributed by atoms with van der Waals surface area (Å²) in [5.41, 5.74) is 2.16. The summed E-state index contributed by atoms with van der Waals surface area (Å²) in [5.74, 6) is 1.64. The Morgan fingerprint density at radius 1 is 1.06 bits per heavy atom. The van der Waals surface area contributed by atoms with E-state index in [0.29, 0.717) is 5.04 Å². The van der Waals surface area contributed by atoms with Crippen molar-refractivity contribution in [2.45, 2.75) is 5.75 Å². The number of hydrogen-bond donors (Lipinski definition) is 1. The number of methoxy groups -OCH3 is 1. The maximum atomic E-state index is 8.03. The quantitative estimate of drug-likeness (QED) is 0.664. The molecule has 0 bridgehead atoms. The average Bonchev–Trinajstić information content (AvgIpc) is 2.46. The van der Waals surface area contributed by atoms with E-state index in [1.165, 1.54) is 17.3 Å². The number of ether oxygens (including phenoxy) is 1. The van der Waals surface area contributed by atoms with Gasteiger partial charge in [0.2, 0.25) is 0 Å². The predicted octanol–water partition coefficient (Wildman–Crippen LogP) is 3.95. The van der Waals surface area contributed by atoms with Gasteiger partial charge in [-0.05, 0) is 29.8 Å². The summed E-state index contributed by atoms with van der Waals surface area (Å²) in [6.07, 6.45) is 0. The topological polar surface area (TPSA) is 33.1 Å². The molecule has 1 N–H and O–H groups in total. The van der Waals surface area contributed by atoms with E-state index in [9.17, 15) is 0 Å². The third kappa shape index (κ3) is 3.37. The first-order valence-corrected chi connectivity index (χ1v) is 6.68. The van der Waals surface area contributed by atoms with Crippen LogP contribution in [0, 0.1) is 5.41 Å². The minimum absolute atomic E-state index is 0.585. The van der Waals surface area contributed by atoms with Crippen molar-refractivity contribution in [3.8, 4) is 5.75 Å². The van der Waals surface area contributed by atoms with E-state index >= 15 is 0 Å². The van der Waals surface area contributed by atoms with Gasteiger partial charge in [-0.1, -0.05) is 30.3 Å². The molecule has 2 aromatic rings. The van der Waals surface area contributed by atoms with Crippen LogP contribution in [-0.2, 0) is 5.75 Å². The molecule has 0 saturated carbocycles. The van der Waals surface area contributed by atoms with E-state index < -0.39 is 0 Å². The smallest absolute Gasteiger partial charge is 0.118 e. The summed E-state index contributed by atoms with van der Waals surface area (Å²) >= 11 is 1.54. The molecule has 0 saturated heterocycles. The summed E-state index contributed by atoms with van der Waals surface area (Å²) in [6.45, 7) is 0. The molecule has 0 aliphatic carbocycles. The van der Waals surface area contributed by atoms with Gasteiger partial charge in [0, 0.05) is 11.3 Å². The number of rotatable bonds is 4. The van der Waals surface area contributed by atoms with E-state index in [-0.39, 0.29) is 0 Å². The molecular formula is C15H15NOS. The highest BCUT2D eigenvalue weighted by Gasteiger charge is 2.03. The molecule has 92 valence electrons. The molecule has 0 fully saturated rings. The Kier molecular flexibility index (Phi) is 4.42.